The lowest BCUT2D eigenvalue weighted by atomic mass is 10.1. The summed E-state index contributed by atoms with van der Waals surface area (Å²) in [5, 5.41) is 20.8. The van der Waals surface area contributed by atoms with Crippen molar-refractivity contribution in [3.8, 4) is 11.8 Å². The van der Waals surface area contributed by atoms with E-state index < -0.39 is 18.6 Å². The van der Waals surface area contributed by atoms with Crippen molar-refractivity contribution in [1.82, 2.24) is 0 Å². The highest BCUT2D eigenvalue weighted by atomic mass is 16.5. The second kappa shape index (κ2) is 6.47. The van der Waals surface area contributed by atoms with Crippen LogP contribution in [0.25, 0.3) is 0 Å². The Morgan fingerprint density at radius 2 is 2.28 bits per heavy atom. The number of carbonyl (C=O) groups is 1. The predicted octanol–water partition coefficient (Wildman–Crippen LogP) is 0.513. The summed E-state index contributed by atoms with van der Waals surface area (Å²) in [4.78, 5) is 11.3. The molecular formula is C12H14N2O4. The minimum Gasteiger partial charge on any atom is -0.497 e. The van der Waals surface area contributed by atoms with Crippen molar-refractivity contribution in [2.24, 2.45) is 0 Å². The van der Waals surface area contributed by atoms with Crippen molar-refractivity contribution >= 4 is 11.7 Å². The van der Waals surface area contributed by atoms with E-state index in [1.807, 2.05) is 6.07 Å². The maximum Gasteiger partial charge on any atom is 0.330 e. The van der Waals surface area contributed by atoms with Crippen molar-refractivity contribution in [1.29, 1.82) is 5.26 Å². The lowest BCUT2D eigenvalue weighted by Gasteiger charge is -2.16. The second-order valence-electron chi connectivity index (χ2n) is 3.43. The van der Waals surface area contributed by atoms with Gasteiger partial charge in [-0.2, -0.15) is 5.26 Å². The van der Waals surface area contributed by atoms with Gasteiger partial charge < -0.3 is 19.9 Å². The maximum atomic E-state index is 11.3. The summed E-state index contributed by atoms with van der Waals surface area (Å²) in [6, 6.07) is 5.83. The normalized spacial score (nSPS) is 11.2. The van der Waals surface area contributed by atoms with Gasteiger partial charge in [-0.15, -0.1) is 0 Å². The first-order valence-corrected chi connectivity index (χ1v) is 5.19. The molecule has 18 heavy (non-hydrogen) atoms. The number of anilines is 1. The average molecular weight is 250 g/mol. The molecule has 1 rings (SSSR count). The molecule has 0 saturated heterocycles. The van der Waals surface area contributed by atoms with Crippen LogP contribution in [0.5, 0.6) is 5.75 Å². The van der Waals surface area contributed by atoms with E-state index in [1.54, 1.807) is 18.2 Å². The molecule has 0 saturated carbocycles. The Balaban J connectivity index is 3.00. The second-order valence-corrected chi connectivity index (χ2v) is 3.43. The Morgan fingerprint density at radius 3 is 2.78 bits per heavy atom. The molecule has 0 radical (unpaired) electrons. The van der Waals surface area contributed by atoms with E-state index in [-0.39, 0.29) is 0 Å². The first-order valence-electron chi connectivity index (χ1n) is 5.19. The zero-order valence-corrected chi connectivity index (χ0v) is 10.1. The van der Waals surface area contributed by atoms with Gasteiger partial charge in [-0.1, -0.05) is 0 Å². The van der Waals surface area contributed by atoms with Crippen LogP contribution in [0.3, 0.4) is 0 Å². The summed E-state index contributed by atoms with van der Waals surface area (Å²) in [6.07, 6.45) is 0. The van der Waals surface area contributed by atoms with Gasteiger partial charge in [0.05, 0.1) is 32.1 Å². The Morgan fingerprint density at radius 1 is 1.56 bits per heavy atom. The van der Waals surface area contributed by atoms with E-state index in [1.165, 1.54) is 14.2 Å². The summed E-state index contributed by atoms with van der Waals surface area (Å²) in [5.41, 5.74) is 0.749. The molecule has 1 aromatic carbocycles. The van der Waals surface area contributed by atoms with Crippen LogP contribution in [0, 0.1) is 11.3 Å². The summed E-state index contributed by atoms with van der Waals surface area (Å²) in [7, 11) is 2.72. The molecule has 1 unspecified atom stereocenters. The third-order valence-electron chi connectivity index (χ3n) is 2.35. The molecule has 0 aliphatic heterocycles. The highest BCUT2D eigenvalue weighted by Gasteiger charge is 2.19. The van der Waals surface area contributed by atoms with E-state index >= 15 is 0 Å². The number of methoxy groups -OCH3 is 2. The molecule has 0 fully saturated rings. The topological polar surface area (TPSA) is 91.6 Å². The van der Waals surface area contributed by atoms with E-state index in [9.17, 15) is 4.79 Å². The number of nitriles is 1. The van der Waals surface area contributed by atoms with E-state index in [0.717, 1.165) is 0 Å². The monoisotopic (exact) mass is 250 g/mol. The zero-order chi connectivity index (χ0) is 13.5. The number of nitrogens with zero attached hydrogens (tertiary/aromatic N) is 1. The van der Waals surface area contributed by atoms with Gasteiger partial charge in [0.15, 0.2) is 0 Å². The standard InChI is InChI=1S/C12H14N2O4/c1-17-9-4-3-8(6-13)10(5-9)14-11(7-15)12(16)18-2/h3-5,11,14-15H,7H2,1-2H3. The number of benzene rings is 1. The van der Waals surface area contributed by atoms with Crippen molar-refractivity contribution in [3.63, 3.8) is 0 Å². The van der Waals surface area contributed by atoms with Crippen LogP contribution < -0.4 is 10.1 Å². The highest BCUT2D eigenvalue weighted by Crippen LogP contribution is 2.22. The van der Waals surface area contributed by atoms with Gasteiger partial charge >= 0.3 is 5.97 Å². The van der Waals surface area contributed by atoms with Crippen LogP contribution >= 0.6 is 0 Å². The van der Waals surface area contributed by atoms with E-state index in [0.29, 0.717) is 17.0 Å². The van der Waals surface area contributed by atoms with Gasteiger partial charge in [0.2, 0.25) is 0 Å². The van der Waals surface area contributed by atoms with E-state index in [2.05, 4.69) is 10.1 Å². The molecule has 0 aliphatic carbocycles. The number of ether oxygens (including phenoxy) is 2. The van der Waals surface area contributed by atoms with Gasteiger partial charge in [0.1, 0.15) is 17.9 Å². The van der Waals surface area contributed by atoms with E-state index in [4.69, 9.17) is 15.1 Å². The fourth-order valence-corrected chi connectivity index (χ4v) is 1.38. The number of aliphatic hydroxyl groups excluding tert-OH is 1. The molecule has 0 aromatic heterocycles. The lowest BCUT2D eigenvalue weighted by Crippen LogP contribution is -2.34. The molecular weight excluding hydrogens is 236 g/mol. The van der Waals surface area contributed by atoms with Gasteiger partial charge in [-0.05, 0) is 12.1 Å². The quantitative estimate of drug-likeness (QED) is 0.740. The Kier molecular flexibility index (Phi) is 4.96. The average Bonchev–Trinajstić information content (AvgIpc) is 2.43. The van der Waals surface area contributed by atoms with Crippen molar-refractivity contribution < 1.29 is 19.4 Å². The molecule has 0 aliphatic rings. The molecule has 0 amide bonds. The first-order chi connectivity index (χ1) is 8.65. The van der Waals surface area contributed by atoms with Crippen LogP contribution in [-0.4, -0.2) is 37.9 Å². The summed E-state index contributed by atoms with van der Waals surface area (Å²) in [5.74, 6) is -0.0673. The lowest BCUT2D eigenvalue weighted by molar-refractivity contribution is -0.142. The van der Waals surface area contributed by atoms with Gasteiger partial charge in [-0.25, -0.2) is 4.79 Å². The van der Waals surface area contributed by atoms with Crippen LogP contribution in [0.4, 0.5) is 5.69 Å². The molecule has 6 nitrogen and oxygen atoms in total. The number of rotatable bonds is 5. The number of hydrogen-bond acceptors (Lipinski definition) is 6. The molecule has 96 valence electrons. The smallest absolute Gasteiger partial charge is 0.330 e. The van der Waals surface area contributed by atoms with Gasteiger partial charge in [0, 0.05) is 6.07 Å². The number of hydrogen-bond donors (Lipinski definition) is 2. The molecule has 0 spiro atoms. The number of carbonyl (C=O) groups excluding carboxylic acids is 1. The number of esters is 1. The fraction of sp³-hybridized carbons (Fsp3) is 0.333. The molecule has 2 N–H and O–H groups in total. The third kappa shape index (κ3) is 3.12. The largest absolute Gasteiger partial charge is 0.497 e. The molecule has 1 atom stereocenters. The fourth-order valence-electron chi connectivity index (χ4n) is 1.38. The Hall–Kier alpha value is -2.26. The Bertz CT molecular complexity index is 468. The van der Waals surface area contributed by atoms with Gasteiger partial charge in [-0.3, -0.25) is 0 Å². The molecule has 0 heterocycles. The van der Waals surface area contributed by atoms with Crippen molar-refractivity contribution in [2.75, 3.05) is 26.1 Å². The summed E-state index contributed by atoms with van der Waals surface area (Å²) in [6.45, 7) is -0.436. The third-order valence-corrected chi connectivity index (χ3v) is 2.35. The minimum absolute atomic E-state index is 0.346. The van der Waals surface area contributed by atoms with Crippen LogP contribution in [0.15, 0.2) is 18.2 Å². The van der Waals surface area contributed by atoms with Crippen molar-refractivity contribution in [2.45, 2.75) is 6.04 Å². The van der Waals surface area contributed by atoms with Crippen molar-refractivity contribution in [3.05, 3.63) is 23.8 Å². The van der Waals surface area contributed by atoms with Crippen LogP contribution in [-0.2, 0) is 9.53 Å². The molecule has 1 aromatic rings. The minimum atomic E-state index is -0.922. The van der Waals surface area contributed by atoms with Gasteiger partial charge in [0.25, 0.3) is 0 Å². The molecule has 6 heteroatoms. The number of nitrogens with one attached hydrogen (secondary N) is 1. The SMILES string of the molecule is COC(=O)C(CO)Nc1cc(OC)ccc1C#N. The predicted molar refractivity (Wildman–Crippen MR) is 64.2 cm³/mol. The Labute approximate surface area is 105 Å². The zero-order valence-electron chi connectivity index (χ0n) is 10.1. The van der Waals surface area contributed by atoms with Crippen LogP contribution in [0.1, 0.15) is 5.56 Å². The number of aliphatic hydroxyl groups is 1. The summed E-state index contributed by atoms with van der Waals surface area (Å²) < 4.78 is 9.56. The van der Waals surface area contributed by atoms with Crippen LogP contribution in [0.2, 0.25) is 0 Å². The highest BCUT2D eigenvalue weighted by molar-refractivity contribution is 5.80. The first kappa shape index (κ1) is 13.8. The maximum absolute atomic E-state index is 11.3. The molecule has 0 bridgehead atoms. The summed E-state index contributed by atoms with van der Waals surface area (Å²) >= 11 is 0.